The van der Waals surface area contributed by atoms with Gasteiger partial charge in [-0.15, -0.1) is 0 Å². The molecule has 0 fully saturated rings. The van der Waals surface area contributed by atoms with Gasteiger partial charge in [0.05, 0.1) is 11.4 Å². The van der Waals surface area contributed by atoms with Crippen LogP contribution in [0.25, 0.3) is 20.9 Å². The lowest BCUT2D eigenvalue weighted by Crippen LogP contribution is -2.12. The average molecular weight is 389 g/mol. The van der Waals surface area contributed by atoms with Gasteiger partial charge in [-0.1, -0.05) is 23.2 Å². The molecule has 2 N–H and O–H groups in total. The molecule has 0 unspecified atom stereocenters. The van der Waals surface area contributed by atoms with Crippen LogP contribution in [0.4, 0.5) is 11.4 Å². The molecule has 0 aliphatic heterocycles. The second-order valence-electron chi connectivity index (χ2n) is 4.49. The maximum Gasteiger partial charge on any atom is 0.176 e. The van der Waals surface area contributed by atoms with Crippen molar-refractivity contribution < 1.29 is 0 Å². The number of hydrogen-bond acceptors (Lipinski definition) is 4. The molecule has 10 nitrogen and oxygen atoms in total. The van der Waals surface area contributed by atoms with E-state index in [-0.39, 0.29) is 11.7 Å². The summed E-state index contributed by atoms with van der Waals surface area (Å²) in [5.41, 5.74) is 23.9. The summed E-state index contributed by atoms with van der Waals surface area (Å²) in [6, 6.07) is 13.3. The minimum Gasteiger partial charge on any atom is -0.278 e. The lowest BCUT2D eigenvalue weighted by Gasteiger charge is -2.04. The van der Waals surface area contributed by atoms with Gasteiger partial charge >= 0.3 is 0 Å². The summed E-state index contributed by atoms with van der Waals surface area (Å²) in [4.78, 5) is 5.31. The zero-order chi connectivity index (χ0) is 18.8. The zero-order valence-corrected chi connectivity index (χ0v) is 14.5. The Labute approximate surface area is 157 Å². The summed E-state index contributed by atoms with van der Waals surface area (Å²) in [5, 5.41) is 15.7. The van der Waals surface area contributed by atoms with Crippen molar-refractivity contribution >= 4 is 46.2 Å². The minimum absolute atomic E-state index is 0.262. The molecule has 0 atom stereocenters. The van der Waals surface area contributed by atoms with Gasteiger partial charge in [-0.3, -0.25) is 10.9 Å². The van der Waals surface area contributed by atoms with Gasteiger partial charge in [0.15, 0.2) is 11.7 Å². The molecule has 2 aromatic carbocycles. The van der Waals surface area contributed by atoms with E-state index in [0.717, 1.165) is 0 Å². The SMILES string of the molecule is [N-]=[N+]=NC(=N/Nc1ccc(Cl)cc1)/C(N=[N+]=[N-])=N\Nc1ccc(Cl)cc1. The highest BCUT2D eigenvalue weighted by molar-refractivity contribution is 6.41. The first-order valence-electron chi connectivity index (χ1n) is 6.91. The Hall–Kier alpha value is -3.42. The topological polar surface area (TPSA) is 146 Å². The number of halogens is 2. The molecule has 0 heterocycles. The number of anilines is 2. The van der Waals surface area contributed by atoms with Gasteiger partial charge in [0.25, 0.3) is 0 Å². The van der Waals surface area contributed by atoms with Gasteiger partial charge in [0.2, 0.25) is 0 Å². The third-order valence-electron chi connectivity index (χ3n) is 2.75. The fourth-order valence-electron chi connectivity index (χ4n) is 1.60. The van der Waals surface area contributed by atoms with Gasteiger partial charge < -0.3 is 0 Å². The molecule has 0 spiro atoms. The van der Waals surface area contributed by atoms with Crippen molar-refractivity contribution in [3.8, 4) is 0 Å². The van der Waals surface area contributed by atoms with Crippen molar-refractivity contribution in [2.75, 3.05) is 10.9 Å². The van der Waals surface area contributed by atoms with Crippen molar-refractivity contribution in [2.24, 2.45) is 20.4 Å². The number of rotatable bonds is 4. The third kappa shape index (κ3) is 5.90. The van der Waals surface area contributed by atoms with Crippen LogP contribution in [0.3, 0.4) is 0 Å². The van der Waals surface area contributed by atoms with E-state index in [1.165, 1.54) is 0 Å². The van der Waals surface area contributed by atoms with Gasteiger partial charge in [-0.05, 0) is 69.8 Å². The smallest absolute Gasteiger partial charge is 0.176 e. The van der Waals surface area contributed by atoms with E-state index in [4.69, 9.17) is 34.3 Å². The van der Waals surface area contributed by atoms with Crippen LogP contribution >= 0.6 is 23.2 Å². The predicted molar refractivity (Wildman–Crippen MR) is 103 cm³/mol. The van der Waals surface area contributed by atoms with Crippen LogP contribution in [0.5, 0.6) is 0 Å². The van der Waals surface area contributed by atoms with Crippen molar-refractivity contribution in [1.29, 1.82) is 0 Å². The fraction of sp³-hybridized carbons (Fsp3) is 0. The average Bonchev–Trinajstić information content (AvgIpc) is 2.65. The van der Waals surface area contributed by atoms with E-state index >= 15 is 0 Å². The highest BCUT2D eigenvalue weighted by Gasteiger charge is 2.06. The number of benzene rings is 2. The Morgan fingerprint density at radius 2 is 1.04 bits per heavy atom. The van der Waals surface area contributed by atoms with Crippen molar-refractivity contribution in [3.63, 3.8) is 0 Å². The summed E-state index contributed by atoms with van der Waals surface area (Å²) in [5.74, 6) is -0.525. The Bertz CT molecular complexity index is 830. The van der Waals surface area contributed by atoms with E-state index in [9.17, 15) is 0 Å². The highest BCUT2D eigenvalue weighted by atomic mass is 35.5. The van der Waals surface area contributed by atoms with E-state index < -0.39 is 0 Å². The molecule has 0 saturated carbocycles. The third-order valence-corrected chi connectivity index (χ3v) is 3.25. The number of nitrogens with zero attached hydrogens (tertiary/aromatic N) is 8. The van der Waals surface area contributed by atoms with E-state index in [2.05, 4.69) is 41.1 Å². The van der Waals surface area contributed by atoms with E-state index in [0.29, 0.717) is 21.4 Å². The molecule has 130 valence electrons. The fourth-order valence-corrected chi connectivity index (χ4v) is 1.85. The summed E-state index contributed by atoms with van der Waals surface area (Å²) in [6.45, 7) is 0. The van der Waals surface area contributed by atoms with Gasteiger partial charge in [-0.2, -0.15) is 10.2 Å². The molecule has 0 bridgehead atoms. The second kappa shape index (κ2) is 9.77. The van der Waals surface area contributed by atoms with Crippen LogP contribution in [0.15, 0.2) is 69.0 Å². The molecule has 0 aromatic heterocycles. The molecule has 0 aliphatic rings. The van der Waals surface area contributed by atoms with E-state index in [1.807, 2.05) is 0 Å². The minimum atomic E-state index is -0.262. The van der Waals surface area contributed by atoms with Crippen molar-refractivity contribution in [3.05, 3.63) is 79.5 Å². The van der Waals surface area contributed by atoms with Gasteiger partial charge in [-0.25, -0.2) is 0 Å². The first-order valence-corrected chi connectivity index (χ1v) is 7.67. The van der Waals surface area contributed by atoms with Gasteiger partial charge in [0.1, 0.15) is 0 Å². The van der Waals surface area contributed by atoms with Crippen LogP contribution in [-0.2, 0) is 0 Å². The lowest BCUT2D eigenvalue weighted by atomic mass is 10.3. The summed E-state index contributed by atoms with van der Waals surface area (Å²) in [7, 11) is 0. The Kier molecular flexibility index (Phi) is 7.11. The van der Waals surface area contributed by atoms with Crippen LogP contribution in [0.2, 0.25) is 10.0 Å². The molecule has 12 heteroatoms. The number of hydrogen-bond donors (Lipinski definition) is 2. The monoisotopic (exact) mass is 388 g/mol. The molecule has 0 radical (unpaired) electrons. The molecule has 0 aliphatic carbocycles. The summed E-state index contributed by atoms with van der Waals surface area (Å²) in [6.07, 6.45) is 0. The Balaban J connectivity index is 2.26. The van der Waals surface area contributed by atoms with Crippen LogP contribution in [-0.4, -0.2) is 11.7 Å². The van der Waals surface area contributed by atoms with Crippen LogP contribution < -0.4 is 10.9 Å². The molecule has 2 aromatic rings. The molecule has 0 amide bonds. The standard InChI is InChI=1S/C14H10Cl2N10/c15-9-1-5-11(6-2-9)19-21-13(23-25-17)14(24-26-18)22-20-12-7-3-10(16)4-8-12/h1-8,19-20H/b21-13+,22-14+. The normalized spacial score (nSPS) is 11.2. The lowest BCUT2D eigenvalue weighted by molar-refractivity contribution is 1.28. The first kappa shape index (κ1) is 18.9. The summed E-state index contributed by atoms with van der Waals surface area (Å²) >= 11 is 11.6. The molecular formula is C14H10Cl2N10. The largest absolute Gasteiger partial charge is 0.278 e. The summed E-state index contributed by atoms with van der Waals surface area (Å²) < 4.78 is 0. The van der Waals surface area contributed by atoms with E-state index in [1.54, 1.807) is 48.5 Å². The number of azide groups is 2. The van der Waals surface area contributed by atoms with Crippen LogP contribution in [0, 0.1) is 0 Å². The van der Waals surface area contributed by atoms with Crippen molar-refractivity contribution in [2.45, 2.75) is 0 Å². The van der Waals surface area contributed by atoms with Crippen molar-refractivity contribution in [1.82, 2.24) is 0 Å². The number of amidine groups is 2. The number of hydrazone groups is 2. The second-order valence-corrected chi connectivity index (χ2v) is 5.36. The first-order chi connectivity index (χ1) is 12.6. The molecule has 0 saturated heterocycles. The zero-order valence-electron chi connectivity index (χ0n) is 13.0. The molecule has 26 heavy (non-hydrogen) atoms. The predicted octanol–water partition coefficient (Wildman–Crippen LogP) is 5.77. The van der Waals surface area contributed by atoms with Gasteiger partial charge in [0, 0.05) is 19.9 Å². The molecular weight excluding hydrogens is 379 g/mol. The quantitative estimate of drug-likeness (QED) is 0.171. The maximum atomic E-state index is 8.71. The Morgan fingerprint density at radius 3 is 1.35 bits per heavy atom. The maximum absolute atomic E-state index is 8.71. The molecule has 2 rings (SSSR count). The Morgan fingerprint density at radius 1 is 0.692 bits per heavy atom. The van der Waals surface area contributed by atoms with Crippen LogP contribution in [0.1, 0.15) is 0 Å². The highest BCUT2D eigenvalue weighted by Crippen LogP contribution is 2.14. The number of nitrogens with one attached hydrogen (secondary N) is 2.